The van der Waals surface area contributed by atoms with Gasteiger partial charge in [0.25, 0.3) is 5.91 Å². The number of carbonyl (C=O) groups excluding carboxylic acids is 2. The van der Waals surface area contributed by atoms with Crippen LogP contribution in [0.25, 0.3) is 0 Å². The van der Waals surface area contributed by atoms with Crippen LogP contribution in [0.4, 0.5) is 5.69 Å². The highest BCUT2D eigenvalue weighted by Gasteiger charge is 2.23. The number of benzene rings is 1. The molecule has 3 rings (SSSR count). The predicted molar refractivity (Wildman–Crippen MR) is 108 cm³/mol. The molecule has 0 atom stereocenters. The van der Waals surface area contributed by atoms with Gasteiger partial charge in [0.1, 0.15) is 0 Å². The van der Waals surface area contributed by atoms with Crippen LogP contribution in [0, 0.1) is 0 Å². The fourth-order valence-electron chi connectivity index (χ4n) is 2.42. The molecule has 1 aliphatic carbocycles. The van der Waals surface area contributed by atoms with Crippen LogP contribution in [0.15, 0.2) is 29.6 Å². The van der Waals surface area contributed by atoms with Crippen molar-refractivity contribution in [2.24, 2.45) is 0 Å². The lowest BCUT2D eigenvalue weighted by Gasteiger charge is -2.08. The average molecular weight is 390 g/mol. The Hall–Kier alpha value is -1.86. The van der Waals surface area contributed by atoms with E-state index in [4.69, 9.17) is 0 Å². The Morgan fingerprint density at radius 1 is 1.35 bits per heavy atom. The molecular formula is C19H23N3O2S2. The van der Waals surface area contributed by atoms with Gasteiger partial charge in [0.05, 0.1) is 16.5 Å². The number of hydrogen-bond acceptors (Lipinski definition) is 5. The maximum Gasteiger partial charge on any atom is 0.251 e. The fourth-order valence-corrected chi connectivity index (χ4v) is 4.15. The van der Waals surface area contributed by atoms with E-state index in [0.717, 1.165) is 42.1 Å². The van der Waals surface area contributed by atoms with E-state index in [2.05, 4.69) is 27.9 Å². The molecule has 0 unspecified atom stereocenters. The zero-order valence-electron chi connectivity index (χ0n) is 14.8. The maximum atomic E-state index is 12.1. The average Bonchev–Trinajstić information content (AvgIpc) is 3.33. The molecule has 1 aromatic carbocycles. The third-order valence-corrected chi connectivity index (χ3v) is 5.79. The maximum absolute atomic E-state index is 12.1. The number of amides is 2. The van der Waals surface area contributed by atoms with Crippen molar-refractivity contribution in [2.45, 2.75) is 44.4 Å². The fraction of sp³-hybridized carbons (Fsp3) is 0.421. The summed E-state index contributed by atoms with van der Waals surface area (Å²) < 4.78 is 0. The van der Waals surface area contributed by atoms with E-state index < -0.39 is 0 Å². The minimum absolute atomic E-state index is 0.0706. The summed E-state index contributed by atoms with van der Waals surface area (Å²) in [6.07, 6.45) is 4.22. The van der Waals surface area contributed by atoms with Gasteiger partial charge in [-0.1, -0.05) is 13.0 Å². The molecule has 7 heteroatoms. The Labute approximate surface area is 162 Å². The van der Waals surface area contributed by atoms with Crippen LogP contribution in [-0.2, 0) is 17.0 Å². The van der Waals surface area contributed by atoms with E-state index in [1.807, 2.05) is 0 Å². The second-order valence-electron chi connectivity index (χ2n) is 6.35. The summed E-state index contributed by atoms with van der Waals surface area (Å²) in [6.45, 7) is 2.14. The third kappa shape index (κ3) is 5.85. The highest BCUT2D eigenvalue weighted by molar-refractivity contribution is 7.99. The first kappa shape index (κ1) is 18.9. The lowest BCUT2D eigenvalue weighted by atomic mass is 10.2. The van der Waals surface area contributed by atoms with Gasteiger partial charge in [-0.2, -0.15) is 0 Å². The molecule has 1 aromatic heterocycles. The molecule has 0 bridgehead atoms. The Balaban J connectivity index is 1.44. The van der Waals surface area contributed by atoms with Crippen LogP contribution in [0.2, 0.25) is 0 Å². The molecule has 1 saturated carbocycles. The molecule has 2 amide bonds. The van der Waals surface area contributed by atoms with Crippen LogP contribution in [0.5, 0.6) is 0 Å². The number of carbonyl (C=O) groups is 2. The molecule has 2 N–H and O–H groups in total. The second-order valence-corrected chi connectivity index (χ2v) is 8.28. The lowest BCUT2D eigenvalue weighted by Crippen LogP contribution is -2.25. The Kier molecular flexibility index (Phi) is 6.68. The molecule has 0 radical (unpaired) electrons. The van der Waals surface area contributed by atoms with Crippen molar-refractivity contribution in [3.05, 3.63) is 45.9 Å². The number of rotatable bonds is 9. The van der Waals surface area contributed by atoms with Crippen LogP contribution >= 0.6 is 23.1 Å². The molecule has 1 heterocycles. The van der Waals surface area contributed by atoms with Gasteiger partial charge >= 0.3 is 0 Å². The summed E-state index contributed by atoms with van der Waals surface area (Å²) in [6, 6.07) is 7.39. The smallest absolute Gasteiger partial charge is 0.251 e. The summed E-state index contributed by atoms with van der Waals surface area (Å²) in [7, 11) is 0. The van der Waals surface area contributed by atoms with Gasteiger partial charge in [-0.15, -0.1) is 23.1 Å². The molecule has 138 valence electrons. The Morgan fingerprint density at radius 2 is 2.19 bits per heavy atom. The summed E-state index contributed by atoms with van der Waals surface area (Å²) in [5.74, 6) is 0.944. The zero-order valence-corrected chi connectivity index (χ0v) is 16.4. The summed E-state index contributed by atoms with van der Waals surface area (Å²) in [5, 5.41) is 9.04. The van der Waals surface area contributed by atoms with E-state index in [0.29, 0.717) is 23.0 Å². The van der Waals surface area contributed by atoms with Crippen LogP contribution in [0.1, 0.15) is 47.2 Å². The molecule has 1 aliphatic rings. The molecule has 26 heavy (non-hydrogen) atoms. The standard InChI is InChI=1S/C19H23N3O2S2/c1-2-4-18-21-16(11-26-18)10-25-12-17(23)20-15-6-3-5-13(9-15)19(24)22-14-7-8-14/h3,5-6,9,11,14H,2,4,7-8,10,12H2,1H3,(H,20,23)(H,22,24). The number of aryl methyl sites for hydroxylation is 1. The van der Waals surface area contributed by atoms with Crippen molar-refractivity contribution in [1.82, 2.24) is 10.3 Å². The van der Waals surface area contributed by atoms with E-state index >= 15 is 0 Å². The first-order valence-electron chi connectivity index (χ1n) is 8.86. The van der Waals surface area contributed by atoms with Crippen molar-refractivity contribution >= 4 is 40.6 Å². The molecule has 1 fully saturated rings. The topological polar surface area (TPSA) is 71.1 Å². The molecule has 0 spiro atoms. The molecule has 2 aromatic rings. The number of nitrogens with zero attached hydrogens (tertiary/aromatic N) is 1. The van der Waals surface area contributed by atoms with E-state index in [1.54, 1.807) is 47.4 Å². The molecular weight excluding hydrogens is 366 g/mol. The van der Waals surface area contributed by atoms with Gasteiger partial charge < -0.3 is 10.6 Å². The number of anilines is 1. The predicted octanol–water partition coefficient (Wildman–Crippen LogP) is 3.86. The van der Waals surface area contributed by atoms with Gasteiger partial charge in [0.15, 0.2) is 0 Å². The van der Waals surface area contributed by atoms with Gasteiger partial charge in [0.2, 0.25) is 5.91 Å². The van der Waals surface area contributed by atoms with Crippen LogP contribution in [0.3, 0.4) is 0 Å². The number of nitrogens with one attached hydrogen (secondary N) is 2. The van der Waals surface area contributed by atoms with Crippen LogP contribution in [-0.4, -0.2) is 28.6 Å². The number of thioether (sulfide) groups is 1. The summed E-state index contributed by atoms with van der Waals surface area (Å²) in [5.41, 5.74) is 2.27. The van der Waals surface area contributed by atoms with E-state index in [-0.39, 0.29) is 11.8 Å². The largest absolute Gasteiger partial charge is 0.349 e. The molecule has 0 aliphatic heterocycles. The van der Waals surface area contributed by atoms with E-state index in [9.17, 15) is 9.59 Å². The van der Waals surface area contributed by atoms with E-state index in [1.165, 1.54) is 0 Å². The molecule has 5 nitrogen and oxygen atoms in total. The first-order chi connectivity index (χ1) is 12.6. The van der Waals surface area contributed by atoms with Crippen molar-refractivity contribution in [2.75, 3.05) is 11.1 Å². The number of aromatic nitrogens is 1. The van der Waals surface area contributed by atoms with Crippen molar-refractivity contribution in [1.29, 1.82) is 0 Å². The summed E-state index contributed by atoms with van der Waals surface area (Å²) in [4.78, 5) is 28.8. The monoisotopic (exact) mass is 389 g/mol. The summed E-state index contributed by atoms with van der Waals surface area (Å²) >= 11 is 3.23. The minimum atomic E-state index is -0.0793. The SMILES string of the molecule is CCCc1nc(CSCC(=O)Nc2cccc(C(=O)NC3CC3)c2)cs1. The Morgan fingerprint density at radius 3 is 2.96 bits per heavy atom. The third-order valence-electron chi connectivity index (χ3n) is 3.87. The van der Waals surface area contributed by atoms with Crippen LogP contribution < -0.4 is 10.6 Å². The van der Waals surface area contributed by atoms with Gasteiger partial charge in [0, 0.05) is 28.4 Å². The normalized spacial score (nSPS) is 13.4. The van der Waals surface area contributed by atoms with Crippen molar-refractivity contribution in [3.8, 4) is 0 Å². The number of thiazole rings is 1. The zero-order chi connectivity index (χ0) is 18.4. The number of hydrogen-bond donors (Lipinski definition) is 2. The minimum Gasteiger partial charge on any atom is -0.349 e. The lowest BCUT2D eigenvalue weighted by molar-refractivity contribution is -0.113. The first-order valence-corrected chi connectivity index (χ1v) is 10.9. The van der Waals surface area contributed by atoms with Crippen molar-refractivity contribution in [3.63, 3.8) is 0 Å². The highest BCUT2D eigenvalue weighted by Crippen LogP contribution is 2.20. The Bertz CT molecular complexity index is 772. The second kappa shape index (κ2) is 9.19. The highest BCUT2D eigenvalue weighted by atomic mass is 32.2. The van der Waals surface area contributed by atoms with Gasteiger partial charge in [-0.25, -0.2) is 4.98 Å². The van der Waals surface area contributed by atoms with Gasteiger partial charge in [-0.3, -0.25) is 9.59 Å². The van der Waals surface area contributed by atoms with Crippen molar-refractivity contribution < 1.29 is 9.59 Å². The van der Waals surface area contributed by atoms with Gasteiger partial charge in [-0.05, 0) is 43.9 Å². The quantitative estimate of drug-likeness (QED) is 0.683. The molecule has 0 saturated heterocycles.